The summed E-state index contributed by atoms with van der Waals surface area (Å²) in [6.07, 6.45) is 1.69. The van der Waals surface area contributed by atoms with Gasteiger partial charge in [0.25, 0.3) is 0 Å². The molecule has 4 rings (SSSR count). The summed E-state index contributed by atoms with van der Waals surface area (Å²) in [6.45, 7) is 4.12. The lowest BCUT2D eigenvalue weighted by molar-refractivity contribution is 0.326. The molecular formula is C19H24N4O2S. The van der Waals surface area contributed by atoms with Crippen LogP contribution in [0.4, 0.5) is 5.95 Å². The topological polar surface area (TPSA) is 66.4 Å². The molecule has 0 radical (unpaired) electrons. The second-order valence-corrected chi connectivity index (χ2v) is 9.83. The summed E-state index contributed by atoms with van der Waals surface area (Å²) < 4.78 is 25.6. The Labute approximate surface area is 154 Å². The van der Waals surface area contributed by atoms with Crippen molar-refractivity contribution in [1.29, 1.82) is 0 Å². The lowest BCUT2D eigenvalue weighted by Crippen LogP contribution is -2.35. The van der Waals surface area contributed by atoms with Gasteiger partial charge in [0.2, 0.25) is 5.95 Å². The molecule has 3 heterocycles. The molecule has 2 aliphatic rings. The molecule has 1 aromatic heterocycles. The van der Waals surface area contributed by atoms with E-state index in [0.29, 0.717) is 19.0 Å². The van der Waals surface area contributed by atoms with Crippen molar-refractivity contribution in [1.82, 2.24) is 14.9 Å². The van der Waals surface area contributed by atoms with Gasteiger partial charge in [0.15, 0.2) is 9.84 Å². The number of rotatable bonds is 3. The lowest BCUT2D eigenvalue weighted by atomic mass is 10.00. The minimum Gasteiger partial charge on any atom is -0.347 e. The fourth-order valence-corrected chi connectivity index (χ4v) is 5.96. The Morgan fingerprint density at radius 3 is 2.62 bits per heavy atom. The Hall–Kier alpha value is -1.99. The Bertz CT molecular complexity index is 925. The van der Waals surface area contributed by atoms with Gasteiger partial charge in [0.05, 0.1) is 16.7 Å². The third-order valence-corrected chi connectivity index (χ3v) is 7.44. The highest BCUT2D eigenvalue weighted by Crippen LogP contribution is 2.39. The van der Waals surface area contributed by atoms with Gasteiger partial charge in [-0.3, -0.25) is 4.90 Å². The van der Waals surface area contributed by atoms with Crippen LogP contribution in [0.2, 0.25) is 0 Å². The van der Waals surface area contributed by atoms with E-state index in [1.54, 1.807) is 6.20 Å². The monoisotopic (exact) mass is 372 g/mol. The third kappa shape index (κ3) is 3.10. The number of nitrogens with zero attached hydrogens (tertiary/aromatic N) is 4. The molecule has 1 saturated heterocycles. The third-order valence-electron chi connectivity index (χ3n) is 5.32. The zero-order valence-corrected chi connectivity index (χ0v) is 16.2. The van der Waals surface area contributed by atoms with Crippen LogP contribution in [0.15, 0.2) is 30.5 Å². The van der Waals surface area contributed by atoms with Crippen molar-refractivity contribution in [2.45, 2.75) is 30.4 Å². The summed E-state index contributed by atoms with van der Waals surface area (Å²) in [5.41, 5.74) is 4.11. The summed E-state index contributed by atoms with van der Waals surface area (Å²) >= 11 is 0. The molecule has 2 aromatic rings. The highest BCUT2D eigenvalue weighted by Gasteiger charge is 2.47. The number of benzene rings is 1. The van der Waals surface area contributed by atoms with E-state index >= 15 is 0 Å². The Kier molecular flexibility index (Phi) is 4.23. The van der Waals surface area contributed by atoms with Crippen LogP contribution in [0, 0.1) is 6.92 Å². The minimum atomic E-state index is -3.17. The number of sulfone groups is 1. The molecule has 2 aliphatic heterocycles. The molecule has 138 valence electrons. The molecule has 0 bridgehead atoms. The maximum absolute atomic E-state index is 12.8. The fourth-order valence-electron chi connectivity index (χ4n) is 3.94. The number of likely N-dealkylation sites (tertiary alicyclic amines) is 1. The van der Waals surface area contributed by atoms with Crippen molar-refractivity contribution in [3.05, 3.63) is 52.8 Å². The quantitative estimate of drug-likeness (QED) is 0.818. The van der Waals surface area contributed by atoms with E-state index in [0.717, 1.165) is 17.8 Å². The summed E-state index contributed by atoms with van der Waals surface area (Å²) in [5.74, 6) is 0.616. The predicted molar refractivity (Wildman–Crippen MR) is 102 cm³/mol. The summed E-state index contributed by atoms with van der Waals surface area (Å²) in [4.78, 5) is 13.1. The van der Waals surface area contributed by atoms with Gasteiger partial charge in [-0.15, -0.1) is 0 Å². The second kappa shape index (κ2) is 6.32. The molecule has 6 nitrogen and oxygen atoms in total. The van der Waals surface area contributed by atoms with Crippen LogP contribution < -0.4 is 4.90 Å². The first-order valence-corrected chi connectivity index (χ1v) is 10.6. The lowest BCUT2D eigenvalue weighted by Gasteiger charge is -2.27. The van der Waals surface area contributed by atoms with E-state index in [9.17, 15) is 8.42 Å². The number of hydrogen-bond acceptors (Lipinski definition) is 6. The van der Waals surface area contributed by atoms with Gasteiger partial charge in [-0.25, -0.2) is 18.4 Å². The summed E-state index contributed by atoms with van der Waals surface area (Å²) in [5, 5.41) is -0.370. The highest BCUT2D eigenvalue weighted by molar-refractivity contribution is 7.91. The molecule has 7 heteroatoms. The van der Waals surface area contributed by atoms with Gasteiger partial charge in [-0.05, 0) is 12.5 Å². The van der Waals surface area contributed by atoms with E-state index < -0.39 is 9.84 Å². The zero-order valence-electron chi connectivity index (χ0n) is 15.4. The van der Waals surface area contributed by atoms with E-state index in [4.69, 9.17) is 4.98 Å². The second-order valence-electron chi connectivity index (χ2n) is 7.61. The Balaban J connectivity index is 1.64. The highest BCUT2D eigenvalue weighted by atomic mass is 32.2. The average Bonchev–Trinajstić information content (AvgIpc) is 3.01. The summed E-state index contributed by atoms with van der Waals surface area (Å²) in [7, 11) is 0.626. The molecule has 0 unspecified atom stereocenters. The van der Waals surface area contributed by atoms with E-state index in [2.05, 4.69) is 41.1 Å². The van der Waals surface area contributed by atoms with Crippen molar-refractivity contribution in [3.63, 3.8) is 0 Å². The van der Waals surface area contributed by atoms with Crippen LogP contribution in [-0.2, 0) is 22.1 Å². The first kappa shape index (κ1) is 17.4. The first-order chi connectivity index (χ1) is 12.3. The van der Waals surface area contributed by atoms with Crippen molar-refractivity contribution < 1.29 is 8.42 Å². The Morgan fingerprint density at radius 2 is 1.92 bits per heavy atom. The number of hydrogen-bond donors (Lipinski definition) is 0. The van der Waals surface area contributed by atoms with Gasteiger partial charge >= 0.3 is 0 Å². The van der Waals surface area contributed by atoms with Gasteiger partial charge in [-0.1, -0.05) is 29.8 Å². The fraction of sp³-hybridized carbons (Fsp3) is 0.474. The van der Waals surface area contributed by atoms with Crippen molar-refractivity contribution in [2.24, 2.45) is 0 Å². The van der Waals surface area contributed by atoms with Crippen LogP contribution in [-0.4, -0.2) is 55.7 Å². The molecule has 0 spiro atoms. The van der Waals surface area contributed by atoms with Crippen LogP contribution >= 0.6 is 0 Å². The van der Waals surface area contributed by atoms with Gasteiger partial charge in [0, 0.05) is 51.4 Å². The van der Waals surface area contributed by atoms with Crippen molar-refractivity contribution in [3.8, 4) is 0 Å². The van der Waals surface area contributed by atoms with Crippen LogP contribution in [0.1, 0.15) is 28.3 Å². The molecule has 0 amide bonds. The van der Waals surface area contributed by atoms with Crippen molar-refractivity contribution >= 4 is 15.8 Å². The molecule has 26 heavy (non-hydrogen) atoms. The van der Waals surface area contributed by atoms with E-state index in [-0.39, 0.29) is 16.9 Å². The van der Waals surface area contributed by atoms with Gasteiger partial charge in [-0.2, -0.15) is 0 Å². The van der Waals surface area contributed by atoms with Crippen LogP contribution in [0.25, 0.3) is 0 Å². The zero-order chi connectivity index (χ0) is 18.5. The Morgan fingerprint density at radius 1 is 1.19 bits per heavy atom. The van der Waals surface area contributed by atoms with Crippen LogP contribution in [0.5, 0.6) is 0 Å². The van der Waals surface area contributed by atoms with Gasteiger partial charge < -0.3 is 4.90 Å². The molecule has 2 atom stereocenters. The molecule has 1 fully saturated rings. The first-order valence-electron chi connectivity index (χ1n) is 8.86. The smallest absolute Gasteiger partial charge is 0.225 e. The normalized spacial score (nSPS) is 24.1. The number of fused-ring (bicyclic) bond motifs is 3. The SMILES string of the molecule is Cc1ccc(CN2C[C@@H]3c4nc(N(C)C)ncc4CS(=O)(=O)[C@@H]3C2)cc1. The number of aromatic nitrogens is 2. The number of aryl methyl sites for hydroxylation is 1. The van der Waals surface area contributed by atoms with E-state index in [1.807, 2.05) is 19.0 Å². The predicted octanol–water partition coefficient (Wildman–Crippen LogP) is 1.75. The minimum absolute atomic E-state index is 0.0512. The van der Waals surface area contributed by atoms with Gasteiger partial charge in [0.1, 0.15) is 0 Å². The molecule has 1 aromatic carbocycles. The maximum atomic E-state index is 12.8. The van der Waals surface area contributed by atoms with Crippen molar-refractivity contribution in [2.75, 3.05) is 32.1 Å². The summed E-state index contributed by atoms with van der Waals surface area (Å²) in [6, 6.07) is 8.43. The number of anilines is 1. The van der Waals surface area contributed by atoms with E-state index in [1.165, 1.54) is 11.1 Å². The largest absolute Gasteiger partial charge is 0.347 e. The maximum Gasteiger partial charge on any atom is 0.225 e. The average molecular weight is 372 g/mol. The molecular weight excluding hydrogens is 348 g/mol. The standard InChI is InChI=1S/C19H24N4O2S/c1-13-4-6-14(7-5-13)9-23-10-16-17(11-23)26(24,25)12-15-8-20-19(22(2)3)21-18(15)16/h4-8,16-17H,9-12H2,1-3H3/t16-,17+/m0/s1. The van der Waals surface area contributed by atoms with Crippen LogP contribution in [0.3, 0.4) is 0 Å². The molecule has 0 aliphatic carbocycles. The molecule has 0 N–H and O–H groups in total. The molecule has 0 saturated carbocycles.